The van der Waals surface area contributed by atoms with Gasteiger partial charge in [0.2, 0.25) is 0 Å². The Hall–Kier alpha value is -4.00. The van der Waals surface area contributed by atoms with Crippen LogP contribution in [0, 0.1) is 5.82 Å². The van der Waals surface area contributed by atoms with Gasteiger partial charge in [0.05, 0.1) is 12.7 Å². The fraction of sp³-hybridized carbons (Fsp3) is 0.0455. The highest BCUT2D eigenvalue weighted by Gasteiger charge is 2.11. The monoisotopic (exact) mass is 392 g/mol. The van der Waals surface area contributed by atoms with Crippen molar-refractivity contribution in [1.82, 2.24) is 0 Å². The highest BCUT2D eigenvalue weighted by Crippen LogP contribution is 2.14. The van der Waals surface area contributed by atoms with E-state index in [2.05, 4.69) is 15.4 Å². The predicted octanol–water partition coefficient (Wildman–Crippen LogP) is 4.12. The summed E-state index contributed by atoms with van der Waals surface area (Å²) in [7, 11) is 1.29. The van der Waals surface area contributed by atoms with Crippen LogP contribution in [-0.4, -0.2) is 24.9 Å². The number of hydrogen-bond donors (Lipinski definition) is 2. The molecule has 0 spiro atoms. The van der Waals surface area contributed by atoms with Gasteiger partial charge >= 0.3 is 5.97 Å². The van der Waals surface area contributed by atoms with Crippen molar-refractivity contribution < 1.29 is 23.5 Å². The van der Waals surface area contributed by atoms with Crippen molar-refractivity contribution in [2.24, 2.45) is 0 Å². The minimum atomic E-state index is -0.463. The molecule has 0 aliphatic rings. The van der Waals surface area contributed by atoms with E-state index in [9.17, 15) is 18.8 Å². The van der Waals surface area contributed by atoms with Crippen molar-refractivity contribution in [3.05, 3.63) is 95.3 Å². The summed E-state index contributed by atoms with van der Waals surface area (Å²) in [5.41, 5.74) is 1.90. The molecule has 0 atom stereocenters. The average molecular weight is 392 g/mol. The molecule has 3 rings (SSSR count). The Morgan fingerprint density at radius 2 is 1.24 bits per heavy atom. The van der Waals surface area contributed by atoms with E-state index in [1.165, 1.54) is 49.6 Å². The van der Waals surface area contributed by atoms with Crippen LogP contribution in [0.1, 0.15) is 31.1 Å². The highest BCUT2D eigenvalue weighted by molar-refractivity contribution is 6.07. The smallest absolute Gasteiger partial charge is 0.337 e. The van der Waals surface area contributed by atoms with Gasteiger partial charge in [-0.1, -0.05) is 6.07 Å². The number of anilines is 2. The lowest BCUT2D eigenvalue weighted by atomic mass is 10.1. The lowest BCUT2D eigenvalue weighted by molar-refractivity contribution is 0.0600. The molecule has 3 aromatic carbocycles. The van der Waals surface area contributed by atoms with Gasteiger partial charge in [0.25, 0.3) is 11.8 Å². The molecule has 29 heavy (non-hydrogen) atoms. The van der Waals surface area contributed by atoms with E-state index in [1.807, 2.05) is 0 Å². The summed E-state index contributed by atoms with van der Waals surface area (Å²) in [5, 5.41) is 5.29. The first kappa shape index (κ1) is 19.8. The second-order valence-electron chi connectivity index (χ2n) is 6.06. The number of rotatable bonds is 5. The van der Waals surface area contributed by atoms with Gasteiger partial charge in [0, 0.05) is 22.5 Å². The SMILES string of the molecule is COC(=O)c1ccc(NC(=O)c2ccc(C(=O)Nc3cccc(F)c3)cc2)cc1. The average Bonchev–Trinajstić information content (AvgIpc) is 2.74. The van der Waals surface area contributed by atoms with Crippen molar-refractivity contribution in [2.45, 2.75) is 0 Å². The number of benzene rings is 3. The number of hydrogen-bond acceptors (Lipinski definition) is 4. The zero-order chi connectivity index (χ0) is 20.8. The predicted molar refractivity (Wildman–Crippen MR) is 107 cm³/mol. The number of halogens is 1. The summed E-state index contributed by atoms with van der Waals surface area (Å²) >= 11 is 0. The molecule has 6 nitrogen and oxygen atoms in total. The first-order chi connectivity index (χ1) is 14.0. The zero-order valence-electron chi connectivity index (χ0n) is 15.4. The third-order valence-electron chi connectivity index (χ3n) is 4.06. The molecular formula is C22H17FN2O4. The Morgan fingerprint density at radius 1 is 0.724 bits per heavy atom. The maximum Gasteiger partial charge on any atom is 0.337 e. The number of methoxy groups -OCH3 is 1. The molecule has 0 saturated carbocycles. The Morgan fingerprint density at radius 3 is 1.76 bits per heavy atom. The first-order valence-electron chi connectivity index (χ1n) is 8.63. The Kier molecular flexibility index (Phi) is 5.99. The molecule has 0 aliphatic carbocycles. The van der Waals surface area contributed by atoms with Crippen LogP contribution in [0.2, 0.25) is 0 Å². The van der Waals surface area contributed by atoms with E-state index in [0.717, 1.165) is 0 Å². The van der Waals surface area contributed by atoms with Crippen LogP contribution in [0.15, 0.2) is 72.8 Å². The molecular weight excluding hydrogens is 375 g/mol. The molecule has 0 radical (unpaired) electrons. The Labute approximate surface area is 166 Å². The van der Waals surface area contributed by atoms with Crippen LogP contribution in [0.3, 0.4) is 0 Å². The summed E-state index contributed by atoms with van der Waals surface area (Å²) < 4.78 is 17.8. The standard InChI is InChI=1S/C22H17FN2O4/c1-29-22(28)16-9-11-18(12-10-16)24-20(26)14-5-7-15(8-6-14)21(27)25-19-4-2-3-17(23)13-19/h2-13H,1H3,(H,24,26)(H,25,27). The summed E-state index contributed by atoms with van der Waals surface area (Å²) in [6.45, 7) is 0. The van der Waals surface area contributed by atoms with Crippen LogP contribution in [0.4, 0.5) is 15.8 Å². The van der Waals surface area contributed by atoms with Crippen LogP contribution in [-0.2, 0) is 4.74 Å². The lowest BCUT2D eigenvalue weighted by Gasteiger charge is -2.08. The van der Waals surface area contributed by atoms with Crippen molar-refractivity contribution in [3.63, 3.8) is 0 Å². The van der Waals surface area contributed by atoms with Crippen LogP contribution >= 0.6 is 0 Å². The van der Waals surface area contributed by atoms with E-state index in [4.69, 9.17) is 0 Å². The molecule has 0 fully saturated rings. The first-order valence-corrected chi connectivity index (χ1v) is 8.63. The Balaban J connectivity index is 1.64. The van der Waals surface area contributed by atoms with Gasteiger partial charge in [-0.25, -0.2) is 9.18 Å². The third kappa shape index (κ3) is 5.04. The van der Waals surface area contributed by atoms with Gasteiger partial charge in [-0.15, -0.1) is 0 Å². The molecule has 0 heterocycles. The molecule has 0 aromatic heterocycles. The maximum atomic E-state index is 13.2. The van der Waals surface area contributed by atoms with E-state index in [-0.39, 0.29) is 5.91 Å². The summed E-state index contributed by atoms with van der Waals surface area (Å²) in [6.07, 6.45) is 0. The number of ether oxygens (including phenoxy) is 1. The van der Waals surface area contributed by atoms with Gasteiger partial charge in [0.15, 0.2) is 0 Å². The van der Waals surface area contributed by atoms with Gasteiger partial charge < -0.3 is 15.4 Å². The maximum absolute atomic E-state index is 13.2. The van der Waals surface area contributed by atoms with Gasteiger partial charge in [-0.2, -0.15) is 0 Å². The topological polar surface area (TPSA) is 84.5 Å². The molecule has 0 aliphatic heterocycles. The minimum Gasteiger partial charge on any atom is -0.465 e. The van der Waals surface area contributed by atoms with Crippen molar-refractivity contribution in [2.75, 3.05) is 17.7 Å². The summed E-state index contributed by atoms with van der Waals surface area (Å²) in [4.78, 5) is 36.0. The summed E-state index contributed by atoms with van der Waals surface area (Å²) in [6, 6.07) is 17.9. The molecule has 0 saturated heterocycles. The second-order valence-corrected chi connectivity index (χ2v) is 6.06. The fourth-order valence-corrected chi connectivity index (χ4v) is 2.55. The molecule has 2 amide bonds. The quantitative estimate of drug-likeness (QED) is 0.640. The van der Waals surface area contributed by atoms with Gasteiger partial charge in [-0.05, 0) is 66.7 Å². The van der Waals surface area contributed by atoms with E-state index < -0.39 is 17.7 Å². The molecule has 2 N–H and O–H groups in total. The van der Waals surface area contributed by atoms with E-state index >= 15 is 0 Å². The number of carbonyl (C=O) groups is 3. The highest BCUT2D eigenvalue weighted by atomic mass is 19.1. The second kappa shape index (κ2) is 8.79. The van der Waals surface area contributed by atoms with Gasteiger partial charge in [-0.3, -0.25) is 9.59 Å². The largest absolute Gasteiger partial charge is 0.465 e. The van der Waals surface area contributed by atoms with E-state index in [1.54, 1.807) is 30.3 Å². The van der Waals surface area contributed by atoms with Crippen molar-refractivity contribution in [3.8, 4) is 0 Å². The van der Waals surface area contributed by atoms with E-state index in [0.29, 0.717) is 28.1 Å². The third-order valence-corrected chi connectivity index (χ3v) is 4.06. The molecule has 0 bridgehead atoms. The zero-order valence-corrected chi connectivity index (χ0v) is 15.4. The molecule has 146 valence electrons. The van der Waals surface area contributed by atoms with Crippen LogP contribution < -0.4 is 10.6 Å². The van der Waals surface area contributed by atoms with Gasteiger partial charge in [0.1, 0.15) is 5.82 Å². The number of carbonyl (C=O) groups excluding carboxylic acids is 3. The van der Waals surface area contributed by atoms with Crippen LogP contribution in [0.25, 0.3) is 0 Å². The fourth-order valence-electron chi connectivity index (χ4n) is 2.55. The molecule has 0 unspecified atom stereocenters. The summed E-state index contributed by atoms with van der Waals surface area (Å²) in [5.74, 6) is -1.70. The minimum absolute atomic E-state index is 0.327. The lowest BCUT2D eigenvalue weighted by Crippen LogP contribution is -2.14. The van der Waals surface area contributed by atoms with Crippen molar-refractivity contribution in [1.29, 1.82) is 0 Å². The number of esters is 1. The molecule has 7 heteroatoms. The number of nitrogens with one attached hydrogen (secondary N) is 2. The number of amides is 2. The normalized spacial score (nSPS) is 10.1. The van der Waals surface area contributed by atoms with Crippen molar-refractivity contribution >= 4 is 29.2 Å². The Bertz CT molecular complexity index is 1050. The van der Waals surface area contributed by atoms with Crippen LogP contribution in [0.5, 0.6) is 0 Å². The molecule has 3 aromatic rings.